The number of benzene rings is 3. The minimum absolute atomic E-state index is 0.104. The predicted molar refractivity (Wildman–Crippen MR) is 128 cm³/mol. The molecule has 1 amide bonds. The zero-order valence-corrected chi connectivity index (χ0v) is 19.2. The molecule has 3 aromatic carbocycles. The van der Waals surface area contributed by atoms with Crippen LogP contribution in [0, 0.1) is 6.92 Å². The van der Waals surface area contributed by atoms with Crippen molar-refractivity contribution in [1.82, 2.24) is 9.71 Å². The molecule has 34 heavy (non-hydrogen) atoms. The third kappa shape index (κ3) is 4.48. The molecule has 0 saturated heterocycles. The number of carbonyl (C=O) groups excluding carboxylic acids is 1. The highest BCUT2D eigenvalue weighted by molar-refractivity contribution is 7.89. The Morgan fingerprint density at radius 1 is 1.03 bits per heavy atom. The van der Waals surface area contributed by atoms with E-state index in [1.807, 2.05) is 37.3 Å². The van der Waals surface area contributed by atoms with Crippen molar-refractivity contribution in [3.63, 3.8) is 0 Å². The number of hydrogen-bond acceptors (Lipinski definition) is 5. The van der Waals surface area contributed by atoms with Crippen molar-refractivity contribution in [1.29, 1.82) is 0 Å². The number of ether oxygens (including phenoxy) is 2. The number of para-hydroxylation sites is 1. The number of anilines is 1. The summed E-state index contributed by atoms with van der Waals surface area (Å²) in [5.41, 5.74) is 3.02. The number of aromatic nitrogens is 1. The summed E-state index contributed by atoms with van der Waals surface area (Å²) in [6.07, 6.45) is 1.96. The van der Waals surface area contributed by atoms with Crippen LogP contribution in [0.15, 0.2) is 77.8 Å². The molecule has 9 heteroatoms. The lowest BCUT2D eigenvalue weighted by Crippen LogP contribution is -2.45. The topological polar surface area (TPSA) is 110 Å². The van der Waals surface area contributed by atoms with Gasteiger partial charge < -0.3 is 19.8 Å². The largest absolute Gasteiger partial charge is 0.454 e. The Hall–Kier alpha value is -3.82. The second-order valence-electron chi connectivity index (χ2n) is 8.11. The van der Waals surface area contributed by atoms with Crippen molar-refractivity contribution >= 4 is 32.5 Å². The van der Waals surface area contributed by atoms with Gasteiger partial charge in [0.2, 0.25) is 22.7 Å². The Morgan fingerprint density at radius 3 is 2.71 bits per heavy atom. The SMILES string of the molecule is Cc1cccc(S(=O)(=O)N[C@@H](Cc2c[nH]c3ccccc23)C(=O)Nc2ccc3c(c2)OCO3)c1. The highest BCUT2D eigenvalue weighted by atomic mass is 32.2. The summed E-state index contributed by atoms with van der Waals surface area (Å²) in [5.74, 6) is 0.625. The molecule has 0 aliphatic carbocycles. The van der Waals surface area contributed by atoms with Gasteiger partial charge in [-0.2, -0.15) is 4.72 Å². The maximum Gasteiger partial charge on any atom is 0.242 e. The van der Waals surface area contributed by atoms with E-state index in [1.165, 1.54) is 6.07 Å². The normalized spacial score (nSPS) is 13.7. The van der Waals surface area contributed by atoms with Gasteiger partial charge in [0.1, 0.15) is 6.04 Å². The number of hydrogen-bond donors (Lipinski definition) is 3. The zero-order valence-electron chi connectivity index (χ0n) is 18.4. The summed E-state index contributed by atoms with van der Waals surface area (Å²) in [6.45, 7) is 1.93. The van der Waals surface area contributed by atoms with Crippen LogP contribution in [0.5, 0.6) is 11.5 Å². The lowest BCUT2D eigenvalue weighted by atomic mass is 10.0. The van der Waals surface area contributed by atoms with Crippen LogP contribution in [0.2, 0.25) is 0 Å². The van der Waals surface area contributed by atoms with Crippen molar-refractivity contribution in [3.05, 3.63) is 84.1 Å². The van der Waals surface area contributed by atoms with Gasteiger partial charge in [0.15, 0.2) is 11.5 Å². The molecule has 0 spiro atoms. The average molecular weight is 478 g/mol. The van der Waals surface area contributed by atoms with Gasteiger partial charge in [0, 0.05) is 28.9 Å². The van der Waals surface area contributed by atoms with Gasteiger partial charge >= 0.3 is 0 Å². The van der Waals surface area contributed by atoms with Crippen LogP contribution in [-0.4, -0.2) is 32.1 Å². The number of amides is 1. The maximum atomic E-state index is 13.3. The van der Waals surface area contributed by atoms with Gasteiger partial charge in [-0.05, 0) is 54.8 Å². The van der Waals surface area contributed by atoms with Crippen LogP contribution in [0.1, 0.15) is 11.1 Å². The first kappa shape index (κ1) is 22.0. The monoisotopic (exact) mass is 477 g/mol. The van der Waals surface area contributed by atoms with Crippen molar-refractivity contribution in [2.24, 2.45) is 0 Å². The van der Waals surface area contributed by atoms with Gasteiger partial charge in [-0.3, -0.25) is 4.79 Å². The van der Waals surface area contributed by atoms with Gasteiger partial charge in [0.25, 0.3) is 0 Å². The van der Waals surface area contributed by atoms with E-state index in [2.05, 4.69) is 15.0 Å². The summed E-state index contributed by atoms with van der Waals surface area (Å²) in [6, 6.07) is 18.2. The Bertz CT molecular complexity index is 1480. The first-order valence-electron chi connectivity index (χ1n) is 10.7. The minimum Gasteiger partial charge on any atom is -0.454 e. The molecule has 0 radical (unpaired) electrons. The van der Waals surface area contributed by atoms with Gasteiger partial charge in [-0.25, -0.2) is 8.42 Å². The molecule has 2 heterocycles. The quantitative estimate of drug-likeness (QED) is 0.376. The summed E-state index contributed by atoms with van der Waals surface area (Å²) in [4.78, 5) is 16.6. The lowest BCUT2D eigenvalue weighted by molar-refractivity contribution is -0.117. The third-order valence-electron chi connectivity index (χ3n) is 5.65. The second-order valence-corrected chi connectivity index (χ2v) is 9.83. The van der Waals surface area contributed by atoms with E-state index in [0.29, 0.717) is 17.2 Å². The van der Waals surface area contributed by atoms with E-state index in [-0.39, 0.29) is 18.1 Å². The standard InChI is InChI=1S/C25H23N3O5S/c1-16-5-4-6-19(11-16)34(30,31)28-22(12-17-14-26-21-8-3-2-7-20(17)21)25(29)27-18-9-10-23-24(13-18)33-15-32-23/h2-11,13-14,22,26,28H,12,15H2,1H3,(H,27,29)/t22-/m0/s1. The molecule has 0 bridgehead atoms. The molecule has 1 atom stereocenters. The van der Waals surface area contributed by atoms with Crippen LogP contribution in [0.4, 0.5) is 5.69 Å². The molecule has 1 aliphatic rings. The number of rotatable bonds is 7. The number of carbonyl (C=O) groups is 1. The molecule has 0 saturated carbocycles. The molecule has 0 unspecified atom stereocenters. The highest BCUT2D eigenvalue weighted by Gasteiger charge is 2.27. The fraction of sp³-hybridized carbons (Fsp3) is 0.160. The smallest absolute Gasteiger partial charge is 0.242 e. The van der Waals surface area contributed by atoms with Crippen LogP contribution in [-0.2, 0) is 21.2 Å². The average Bonchev–Trinajstić information content (AvgIpc) is 3.45. The summed E-state index contributed by atoms with van der Waals surface area (Å²) >= 11 is 0. The summed E-state index contributed by atoms with van der Waals surface area (Å²) < 4.78 is 39.6. The van der Waals surface area contributed by atoms with Crippen LogP contribution >= 0.6 is 0 Å². The van der Waals surface area contributed by atoms with Crippen molar-refractivity contribution in [2.45, 2.75) is 24.3 Å². The molecule has 8 nitrogen and oxygen atoms in total. The van der Waals surface area contributed by atoms with E-state index in [1.54, 1.807) is 36.5 Å². The lowest BCUT2D eigenvalue weighted by Gasteiger charge is -2.19. The van der Waals surface area contributed by atoms with Crippen LogP contribution in [0.25, 0.3) is 10.9 Å². The van der Waals surface area contributed by atoms with E-state index < -0.39 is 22.0 Å². The van der Waals surface area contributed by atoms with Crippen LogP contribution < -0.4 is 19.5 Å². The molecule has 4 aromatic rings. The van der Waals surface area contributed by atoms with E-state index >= 15 is 0 Å². The predicted octanol–water partition coefficient (Wildman–Crippen LogP) is 3.73. The number of aryl methyl sites for hydroxylation is 1. The summed E-state index contributed by atoms with van der Waals surface area (Å²) in [5, 5.41) is 3.73. The number of sulfonamides is 1. The number of H-pyrrole nitrogens is 1. The number of aromatic amines is 1. The van der Waals surface area contributed by atoms with Crippen molar-refractivity contribution < 1.29 is 22.7 Å². The fourth-order valence-electron chi connectivity index (χ4n) is 3.95. The maximum absolute atomic E-state index is 13.3. The second kappa shape index (κ2) is 8.85. The van der Waals surface area contributed by atoms with Crippen molar-refractivity contribution in [2.75, 3.05) is 12.1 Å². The van der Waals surface area contributed by atoms with Gasteiger partial charge in [0.05, 0.1) is 4.90 Å². The zero-order chi connectivity index (χ0) is 23.7. The number of nitrogens with one attached hydrogen (secondary N) is 3. The Morgan fingerprint density at radius 2 is 1.85 bits per heavy atom. The minimum atomic E-state index is -3.95. The van der Waals surface area contributed by atoms with E-state index in [0.717, 1.165) is 22.0 Å². The van der Waals surface area contributed by atoms with E-state index in [9.17, 15) is 13.2 Å². The Labute approximate surface area is 197 Å². The highest BCUT2D eigenvalue weighted by Crippen LogP contribution is 2.34. The Balaban J connectivity index is 1.45. The molecule has 3 N–H and O–H groups in total. The molecule has 174 valence electrons. The molecular formula is C25H23N3O5S. The molecular weight excluding hydrogens is 454 g/mol. The molecule has 1 aliphatic heterocycles. The Kier molecular flexibility index (Phi) is 5.72. The van der Waals surface area contributed by atoms with Crippen LogP contribution in [0.3, 0.4) is 0 Å². The summed E-state index contributed by atoms with van der Waals surface area (Å²) in [7, 11) is -3.95. The molecule has 0 fully saturated rings. The van der Waals surface area contributed by atoms with Gasteiger partial charge in [-0.1, -0.05) is 30.3 Å². The molecule has 5 rings (SSSR count). The fourth-order valence-corrected chi connectivity index (χ4v) is 5.25. The first-order valence-corrected chi connectivity index (χ1v) is 12.2. The molecule has 1 aromatic heterocycles. The first-order chi connectivity index (χ1) is 16.4. The van der Waals surface area contributed by atoms with E-state index in [4.69, 9.17) is 9.47 Å². The van der Waals surface area contributed by atoms with Crippen molar-refractivity contribution in [3.8, 4) is 11.5 Å². The third-order valence-corrected chi connectivity index (χ3v) is 7.12. The van der Waals surface area contributed by atoms with Gasteiger partial charge in [-0.15, -0.1) is 0 Å². The number of fused-ring (bicyclic) bond motifs is 2.